The molecule has 0 saturated heterocycles. The van der Waals surface area contributed by atoms with Crippen LogP contribution in [0.4, 0.5) is 0 Å². The van der Waals surface area contributed by atoms with Crippen molar-refractivity contribution >= 4 is 21.7 Å². The molecule has 0 aromatic carbocycles. The predicted molar refractivity (Wildman–Crippen MR) is 52.5 cm³/mol. The molecule has 4 fully saturated rings. The second-order valence-electron chi connectivity index (χ2n) is 5.42. The molecular formula is C11H13BrO. The van der Waals surface area contributed by atoms with Crippen LogP contribution in [0.5, 0.6) is 0 Å². The molecule has 4 saturated carbocycles. The van der Waals surface area contributed by atoms with Crippen molar-refractivity contribution in [1.82, 2.24) is 0 Å². The summed E-state index contributed by atoms with van der Waals surface area (Å²) in [5.74, 6) is 5.29. The molecule has 1 nitrogen and oxygen atoms in total. The van der Waals surface area contributed by atoms with E-state index in [1.54, 1.807) is 0 Å². The molecule has 4 aliphatic carbocycles. The Kier molecular flexibility index (Phi) is 1.17. The molecule has 0 spiro atoms. The molecule has 0 amide bonds. The van der Waals surface area contributed by atoms with Crippen LogP contribution in [-0.2, 0) is 4.79 Å². The summed E-state index contributed by atoms with van der Waals surface area (Å²) >= 11 is 3.79. The maximum absolute atomic E-state index is 11.8. The van der Waals surface area contributed by atoms with Crippen LogP contribution >= 0.6 is 15.9 Å². The molecule has 0 N–H and O–H groups in total. The summed E-state index contributed by atoms with van der Waals surface area (Å²) in [7, 11) is 0. The first-order valence-electron chi connectivity index (χ1n) is 5.44. The van der Waals surface area contributed by atoms with E-state index in [1.165, 1.54) is 12.8 Å². The van der Waals surface area contributed by atoms with Gasteiger partial charge in [-0.1, -0.05) is 15.9 Å². The van der Waals surface area contributed by atoms with E-state index in [-0.39, 0.29) is 0 Å². The van der Waals surface area contributed by atoms with Gasteiger partial charge in [0.1, 0.15) is 5.78 Å². The Balaban J connectivity index is 1.90. The number of hydrogen-bond donors (Lipinski definition) is 0. The average molecular weight is 241 g/mol. The average Bonchev–Trinajstić information content (AvgIpc) is 2.67. The lowest BCUT2D eigenvalue weighted by atomic mass is 9.80. The van der Waals surface area contributed by atoms with Gasteiger partial charge in [-0.15, -0.1) is 0 Å². The Bertz CT molecular complexity index is 300. The summed E-state index contributed by atoms with van der Waals surface area (Å²) in [4.78, 5) is 12.5. The number of carbonyl (C=O) groups excluding carboxylic acids is 1. The molecular weight excluding hydrogens is 228 g/mol. The van der Waals surface area contributed by atoms with Gasteiger partial charge in [0.15, 0.2) is 0 Å². The largest absolute Gasteiger partial charge is 0.299 e. The van der Waals surface area contributed by atoms with E-state index in [0.717, 1.165) is 36.0 Å². The number of alkyl halides is 1. The Hall–Kier alpha value is 0.150. The molecule has 4 aliphatic rings. The molecule has 2 heteroatoms. The summed E-state index contributed by atoms with van der Waals surface area (Å²) in [5.41, 5.74) is 0. The van der Waals surface area contributed by atoms with Crippen LogP contribution in [-0.4, -0.2) is 10.6 Å². The van der Waals surface area contributed by atoms with Crippen LogP contribution in [0.15, 0.2) is 0 Å². The predicted octanol–water partition coefficient (Wildman–Crippen LogP) is 2.24. The standard InChI is InChI=1S/C11H13BrO/c12-8-2-4-5-3-9(13)11-7(5)1-6(4)10(8)11/h4-8,10-11H,1-3H2/t4-,5-,6+,7+,8+,10-,11-/m1/s1. The van der Waals surface area contributed by atoms with Crippen LogP contribution in [0.1, 0.15) is 19.3 Å². The van der Waals surface area contributed by atoms with E-state index >= 15 is 0 Å². The minimum absolute atomic E-state index is 0.484. The summed E-state index contributed by atoms with van der Waals surface area (Å²) in [6, 6.07) is 0. The van der Waals surface area contributed by atoms with E-state index in [2.05, 4.69) is 15.9 Å². The third-order valence-corrected chi connectivity index (χ3v) is 6.27. The zero-order chi connectivity index (χ0) is 8.74. The van der Waals surface area contributed by atoms with E-state index in [1.807, 2.05) is 0 Å². The molecule has 0 aliphatic heterocycles. The van der Waals surface area contributed by atoms with Gasteiger partial charge in [0.2, 0.25) is 0 Å². The summed E-state index contributed by atoms with van der Waals surface area (Å²) in [6.45, 7) is 0. The zero-order valence-corrected chi connectivity index (χ0v) is 9.03. The minimum Gasteiger partial charge on any atom is -0.299 e. The topological polar surface area (TPSA) is 17.1 Å². The Morgan fingerprint density at radius 1 is 1.08 bits per heavy atom. The van der Waals surface area contributed by atoms with Gasteiger partial charge in [-0.05, 0) is 42.4 Å². The second-order valence-corrected chi connectivity index (χ2v) is 6.59. The number of halogens is 1. The van der Waals surface area contributed by atoms with Crippen LogP contribution in [0.3, 0.4) is 0 Å². The van der Waals surface area contributed by atoms with Gasteiger partial charge in [0.05, 0.1) is 0 Å². The van der Waals surface area contributed by atoms with Gasteiger partial charge in [-0.25, -0.2) is 0 Å². The molecule has 2 bridgehead atoms. The Morgan fingerprint density at radius 2 is 1.92 bits per heavy atom. The van der Waals surface area contributed by atoms with Crippen LogP contribution in [0, 0.1) is 35.5 Å². The monoisotopic (exact) mass is 240 g/mol. The number of fused-ring (bicyclic) bond motifs is 2. The lowest BCUT2D eigenvalue weighted by Crippen LogP contribution is -2.26. The van der Waals surface area contributed by atoms with Gasteiger partial charge >= 0.3 is 0 Å². The van der Waals surface area contributed by atoms with Crippen molar-refractivity contribution in [1.29, 1.82) is 0 Å². The van der Waals surface area contributed by atoms with Crippen molar-refractivity contribution in [3.8, 4) is 0 Å². The molecule has 0 heterocycles. The van der Waals surface area contributed by atoms with E-state index in [4.69, 9.17) is 0 Å². The van der Waals surface area contributed by atoms with Gasteiger partial charge in [0.25, 0.3) is 0 Å². The first-order chi connectivity index (χ1) is 6.27. The third-order valence-electron chi connectivity index (χ3n) is 5.29. The Labute approximate surface area is 86.4 Å². The number of ketones is 1. The maximum atomic E-state index is 11.8. The third kappa shape index (κ3) is 0.642. The number of hydrogen-bond acceptors (Lipinski definition) is 1. The van der Waals surface area contributed by atoms with Crippen molar-refractivity contribution in [2.24, 2.45) is 35.5 Å². The zero-order valence-electron chi connectivity index (χ0n) is 7.45. The summed E-state index contributed by atoms with van der Waals surface area (Å²) in [6.07, 6.45) is 3.69. The minimum atomic E-state index is 0.484. The fourth-order valence-electron chi connectivity index (χ4n) is 5.09. The normalized spacial score (nSPS) is 66.8. The lowest BCUT2D eigenvalue weighted by molar-refractivity contribution is -0.122. The van der Waals surface area contributed by atoms with Crippen LogP contribution in [0.2, 0.25) is 0 Å². The molecule has 4 rings (SSSR count). The van der Waals surface area contributed by atoms with Gasteiger partial charge in [-0.2, -0.15) is 0 Å². The molecule has 70 valence electrons. The Morgan fingerprint density at radius 3 is 2.77 bits per heavy atom. The highest BCUT2D eigenvalue weighted by Crippen LogP contribution is 2.70. The molecule has 0 unspecified atom stereocenters. The molecule has 7 atom stereocenters. The van der Waals surface area contributed by atoms with E-state index in [9.17, 15) is 4.79 Å². The molecule has 0 radical (unpaired) electrons. The van der Waals surface area contributed by atoms with E-state index in [0.29, 0.717) is 16.5 Å². The first kappa shape index (κ1) is 7.44. The first-order valence-corrected chi connectivity index (χ1v) is 6.35. The highest BCUT2D eigenvalue weighted by Gasteiger charge is 2.68. The molecule has 13 heavy (non-hydrogen) atoms. The quantitative estimate of drug-likeness (QED) is 0.594. The van der Waals surface area contributed by atoms with Crippen LogP contribution < -0.4 is 0 Å². The summed E-state index contributed by atoms with van der Waals surface area (Å²) in [5, 5.41) is 0. The number of Topliss-reactive ketones (excluding diaryl/α,β-unsaturated/α-hetero) is 1. The van der Waals surface area contributed by atoms with Crippen molar-refractivity contribution < 1.29 is 4.79 Å². The SMILES string of the molecule is O=C1C[C@@H]2[C@H]3C[C@H](Br)[C@H]4[C@H]3C[C@@H]2[C@H]14. The van der Waals surface area contributed by atoms with Crippen molar-refractivity contribution in [3.05, 3.63) is 0 Å². The van der Waals surface area contributed by atoms with Crippen LogP contribution in [0.25, 0.3) is 0 Å². The van der Waals surface area contributed by atoms with Crippen molar-refractivity contribution in [3.63, 3.8) is 0 Å². The summed E-state index contributed by atoms with van der Waals surface area (Å²) < 4.78 is 0. The second kappa shape index (κ2) is 2.05. The van der Waals surface area contributed by atoms with Crippen molar-refractivity contribution in [2.75, 3.05) is 0 Å². The van der Waals surface area contributed by atoms with Crippen molar-refractivity contribution in [2.45, 2.75) is 24.1 Å². The highest BCUT2D eigenvalue weighted by molar-refractivity contribution is 9.09. The number of carbonyl (C=O) groups is 1. The lowest BCUT2D eigenvalue weighted by Gasteiger charge is -2.24. The van der Waals surface area contributed by atoms with Gasteiger partial charge < -0.3 is 0 Å². The smallest absolute Gasteiger partial charge is 0.136 e. The highest BCUT2D eigenvalue weighted by atomic mass is 79.9. The molecule has 0 aromatic heterocycles. The van der Waals surface area contributed by atoms with E-state index < -0.39 is 0 Å². The number of rotatable bonds is 0. The maximum Gasteiger partial charge on any atom is 0.136 e. The fourth-order valence-corrected chi connectivity index (χ4v) is 6.24. The molecule has 0 aromatic rings. The van der Waals surface area contributed by atoms with Gasteiger partial charge in [0, 0.05) is 17.2 Å². The fraction of sp³-hybridized carbons (Fsp3) is 0.909. The van der Waals surface area contributed by atoms with Gasteiger partial charge in [-0.3, -0.25) is 4.79 Å².